The lowest BCUT2D eigenvalue weighted by molar-refractivity contribution is -0.120. The number of carbonyl (C=O) groups excluding carboxylic acids is 2. The van der Waals surface area contributed by atoms with Crippen molar-refractivity contribution in [1.82, 2.24) is 4.31 Å². The second-order valence-corrected chi connectivity index (χ2v) is 10.8. The van der Waals surface area contributed by atoms with Gasteiger partial charge in [-0.1, -0.05) is 40.9 Å². The number of halogens is 3. The van der Waals surface area contributed by atoms with E-state index in [0.29, 0.717) is 35.7 Å². The first-order valence-corrected chi connectivity index (χ1v) is 13.0. The Morgan fingerprint density at radius 2 is 1.88 bits per heavy atom. The molecule has 0 unspecified atom stereocenters. The van der Waals surface area contributed by atoms with Gasteiger partial charge < -0.3 is 10.1 Å². The Balaban J connectivity index is 1.67. The van der Waals surface area contributed by atoms with Gasteiger partial charge in [0, 0.05) is 23.1 Å². The number of hydrogen-bond donors (Lipinski definition) is 1. The molecule has 0 spiro atoms. The van der Waals surface area contributed by atoms with Gasteiger partial charge in [-0.05, 0) is 55.7 Å². The van der Waals surface area contributed by atoms with E-state index in [1.54, 1.807) is 19.1 Å². The minimum absolute atomic E-state index is 0.0535. The van der Waals surface area contributed by atoms with Crippen LogP contribution in [0.15, 0.2) is 36.4 Å². The zero-order valence-corrected chi connectivity index (χ0v) is 20.9. The van der Waals surface area contributed by atoms with Crippen LogP contribution in [0.25, 0.3) is 0 Å². The Kier molecular flexibility index (Phi) is 8.64. The van der Waals surface area contributed by atoms with E-state index in [1.165, 1.54) is 28.6 Å². The lowest BCUT2D eigenvalue weighted by Gasteiger charge is -2.31. The molecular formula is C22H23Cl3N2O5S. The normalized spacial score (nSPS) is 16.9. The number of anilines is 1. The van der Waals surface area contributed by atoms with Gasteiger partial charge in [-0.3, -0.25) is 4.79 Å². The molecule has 0 aromatic heterocycles. The van der Waals surface area contributed by atoms with Crippen molar-refractivity contribution in [3.05, 3.63) is 62.6 Å². The fourth-order valence-electron chi connectivity index (χ4n) is 3.53. The lowest BCUT2D eigenvalue weighted by Crippen LogP contribution is -2.44. The smallest absolute Gasteiger partial charge is 0.338 e. The molecule has 1 amide bonds. The number of sulfonamides is 1. The van der Waals surface area contributed by atoms with Crippen LogP contribution in [0.2, 0.25) is 15.1 Å². The summed E-state index contributed by atoms with van der Waals surface area (Å²) >= 11 is 18.2. The van der Waals surface area contributed by atoms with E-state index < -0.39 is 21.9 Å². The molecule has 0 aliphatic carbocycles. The third kappa shape index (κ3) is 6.61. The molecule has 1 aliphatic heterocycles. The first-order chi connectivity index (χ1) is 15.6. The molecule has 1 atom stereocenters. The van der Waals surface area contributed by atoms with Crippen LogP contribution >= 0.6 is 34.8 Å². The number of rotatable bonds is 7. The highest BCUT2D eigenvalue weighted by Crippen LogP contribution is 2.28. The Morgan fingerprint density at radius 1 is 1.12 bits per heavy atom. The summed E-state index contributed by atoms with van der Waals surface area (Å²) in [7, 11) is -3.69. The summed E-state index contributed by atoms with van der Waals surface area (Å²) in [6, 6.07) is 9.11. The number of piperidine rings is 1. The largest absolute Gasteiger partial charge is 0.462 e. The summed E-state index contributed by atoms with van der Waals surface area (Å²) in [5.74, 6) is -1.68. The van der Waals surface area contributed by atoms with E-state index in [1.807, 2.05) is 0 Å². The third-order valence-corrected chi connectivity index (χ3v) is 7.93. The molecule has 1 N–H and O–H groups in total. The van der Waals surface area contributed by atoms with E-state index in [0.717, 1.165) is 0 Å². The summed E-state index contributed by atoms with van der Waals surface area (Å²) < 4.78 is 32.2. The third-order valence-electron chi connectivity index (χ3n) is 5.24. The van der Waals surface area contributed by atoms with Crippen molar-refractivity contribution in [2.45, 2.75) is 25.5 Å². The Morgan fingerprint density at radius 3 is 2.55 bits per heavy atom. The number of ether oxygens (including phenoxy) is 1. The maximum Gasteiger partial charge on any atom is 0.338 e. The molecule has 7 nitrogen and oxygen atoms in total. The van der Waals surface area contributed by atoms with Crippen molar-refractivity contribution >= 4 is 62.4 Å². The highest BCUT2D eigenvalue weighted by molar-refractivity contribution is 7.88. The lowest BCUT2D eigenvalue weighted by atomic mass is 9.98. The number of nitrogens with zero attached hydrogens (tertiary/aromatic N) is 1. The molecule has 33 heavy (non-hydrogen) atoms. The van der Waals surface area contributed by atoms with Crippen LogP contribution in [-0.2, 0) is 25.3 Å². The Hall–Kier alpha value is -1.84. The molecule has 1 aliphatic rings. The highest BCUT2D eigenvalue weighted by atomic mass is 35.5. The predicted molar refractivity (Wildman–Crippen MR) is 129 cm³/mol. The minimum atomic E-state index is -3.69. The maximum absolute atomic E-state index is 13.0. The van der Waals surface area contributed by atoms with Gasteiger partial charge in [0.05, 0.1) is 34.6 Å². The van der Waals surface area contributed by atoms with Crippen LogP contribution in [0.3, 0.4) is 0 Å². The molecule has 0 radical (unpaired) electrons. The standard InChI is InChI=1S/C22H23Cl3N2O5S/c1-2-32-22(29)14-6-8-20(19(25)10-14)26-21(28)15-4-3-9-27(12-15)33(30,31)13-16-5-7-17(23)11-18(16)24/h5-8,10-11,15H,2-4,9,12-13H2,1H3,(H,26,28)/t15-/m0/s1. The van der Waals surface area contributed by atoms with Crippen molar-refractivity contribution in [2.24, 2.45) is 5.92 Å². The number of carbonyl (C=O) groups is 2. The van der Waals surface area contributed by atoms with Gasteiger partial charge in [0.1, 0.15) is 0 Å². The van der Waals surface area contributed by atoms with Crippen LogP contribution in [0, 0.1) is 5.92 Å². The van der Waals surface area contributed by atoms with Crippen LogP contribution in [0.1, 0.15) is 35.7 Å². The van der Waals surface area contributed by atoms with Crippen molar-refractivity contribution in [3.63, 3.8) is 0 Å². The first kappa shape index (κ1) is 25.8. The highest BCUT2D eigenvalue weighted by Gasteiger charge is 2.33. The van der Waals surface area contributed by atoms with Crippen LogP contribution in [0.5, 0.6) is 0 Å². The van der Waals surface area contributed by atoms with E-state index in [4.69, 9.17) is 39.5 Å². The van der Waals surface area contributed by atoms with Gasteiger partial charge in [-0.15, -0.1) is 0 Å². The number of nitrogens with one attached hydrogen (secondary N) is 1. The molecular weight excluding hydrogens is 511 g/mol. The molecule has 2 aromatic carbocycles. The number of amides is 1. The second kappa shape index (κ2) is 11.1. The molecule has 2 aromatic rings. The minimum Gasteiger partial charge on any atom is -0.462 e. The molecule has 0 saturated carbocycles. The second-order valence-electron chi connectivity index (χ2n) is 7.59. The average molecular weight is 534 g/mol. The van der Waals surface area contributed by atoms with Gasteiger partial charge in [-0.2, -0.15) is 0 Å². The van der Waals surface area contributed by atoms with Gasteiger partial charge in [0.15, 0.2) is 0 Å². The van der Waals surface area contributed by atoms with E-state index in [-0.39, 0.29) is 40.4 Å². The molecule has 178 valence electrons. The zero-order valence-electron chi connectivity index (χ0n) is 17.8. The molecule has 3 rings (SSSR count). The maximum atomic E-state index is 13.0. The van der Waals surface area contributed by atoms with Crippen molar-refractivity contribution in [2.75, 3.05) is 25.0 Å². The summed E-state index contributed by atoms with van der Waals surface area (Å²) in [6.45, 7) is 2.32. The fourth-order valence-corrected chi connectivity index (χ4v) is 5.95. The number of esters is 1. The van der Waals surface area contributed by atoms with Crippen molar-refractivity contribution in [3.8, 4) is 0 Å². The van der Waals surface area contributed by atoms with Crippen molar-refractivity contribution in [1.29, 1.82) is 0 Å². The summed E-state index contributed by atoms with van der Waals surface area (Å²) in [5, 5.41) is 3.62. The van der Waals surface area contributed by atoms with Gasteiger partial charge in [-0.25, -0.2) is 17.5 Å². The number of benzene rings is 2. The molecule has 1 fully saturated rings. The first-order valence-electron chi connectivity index (χ1n) is 10.3. The van der Waals surface area contributed by atoms with Gasteiger partial charge in [0.2, 0.25) is 15.9 Å². The molecule has 1 saturated heterocycles. The Labute approximate surface area is 208 Å². The summed E-state index contributed by atoms with van der Waals surface area (Å²) in [4.78, 5) is 24.7. The quantitative estimate of drug-likeness (QED) is 0.505. The van der Waals surface area contributed by atoms with Crippen molar-refractivity contribution < 1.29 is 22.7 Å². The monoisotopic (exact) mass is 532 g/mol. The van der Waals surface area contributed by atoms with E-state index in [2.05, 4.69) is 5.32 Å². The molecule has 1 heterocycles. The summed E-state index contributed by atoms with van der Waals surface area (Å²) in [6.07, 6.45) is 1.08. The van der Waals surface area contributed by atoms with Crippen LogP contribution in [0.4, 0.5) is 5.69 Å². The molecule has 0 bridgehead atoms. The zero-order chi connectivity index (χ0) is 24.2. The van der Waals surface area contributed by atoms with E-state index >= 15 is 0 Å². The van der Waals surface area contributed by atoms with Crippen LogP contribution in [-0.4, -0.2) is 44.3 Å². The Bertz CT molecular complexity index is 1160. The number of hydrogen-bond acceptors (Lipinski definition) is 5. The summed E-state index contributed by atoms with van der Waals surface area (Å²) in [5.41, 5.74) is 1.05. The average Bonchev–Trinajstić information content (AvgIpc) is 2.77. The van der Waals surface area contributed by atoms with Crippen LogP contribution < -0.4 is 5.32 Å². The van der Waals surface area contributed by atoms with Gasteiger partial charge in [0.25, 0.3) is 0 Å². The van der Waals surface area contributed by atoms with E-state index in [9.17, 15) is 18.0 Å². The predicted octanol–water partition coefficient (Wildman–Crippen LogP) is 5.00. The van der Waals surface area contributed by atoms with Gasteiger partial charge >= 0.3 is 5.97 Å². The SMILES string of the molecule is CCOC(=O)c1ccc(NC(=O)[C@H]2CCCN(S(=O)(=O)Cc3ccc(Cl)cc3Cl)C2)c(Cl)c1. The topological polar surface area (TPSA) is 92.8 Å². The molecule has 11 heteroatoms. The fraction of sp³-hybridized carbons (Fsp3) is 0.364.